The first-order valence-electron chi connectivity index (χ1n) is 19.4. The highest BCUT2D eigenvalue weighted by Gasteiger charge is 2.50. The molecule has 2 aromatic carbocycles. The van der Waals surface area contributed by atoms with Crippen molar-refractivity contribution in [1.82, 2.24) is 35.0 Å². The van der Waals surface area contributed by atoms with Crippen LogP contribution in [0.25, 0.3) is 0 Å². The fraction of sp³-hybridized carbons (Fsp3) is 0.450. The molecule has 0 saturated carbocycles. The Kier molecular flexibility index (Phi) is 11.2. The van der Waals surface area contributed by atoms with Crippen molar-refractivity contribution in [1.29, 1.82) is 0 Å². The molecular weight excluding hydrogens is 787 g/mol. The molecule has 16 nitrogen and oxygen atoms in total. The number of nitrogens with one attached hydrogen (secondary N) is 1. The summed E-state index contributed by atoms with van der Waals surface area (Å²) in [6, 6.07) is 15.4. The van der Waals surface area contributed by atoms with Crippen molar-refractivity contribution in [3.8, 4) is 5.75 Å². The minimum absolute atomic E-state index is 0.160. The highest BCUT2D eigenvalue weighted by Crippen LogP contribution is 2.42. The van der Waals surface area contributed by atoms with E-state index >= 15 is 0 Å². The number of nitrogens with zero attached hydrogens (tertiary/aromatic N) is 9. The van der Waals surface area contributed by atoms with E-state index in [9.17, 15) is 24.3 Å². The number of carboxylic acids is 1. The van der Waals surface area contributed by atoms with Gasteiger partial charge in [0.1, 0.15) is 11.8 Å². The first-order valence-corrected chi connectivity index (χ1v) is 20.1. The van der Waals surface area contributed by atoms with Crippen molar-refractivity contribution in [3.63, 3.8) is 0 Å². The van der Waals surface area contributed by atoms with Crippen LogP contribution in [0.3, 0.4) is 0 Å². The SMILES string of the molecule is COc1ccc(C2C=NN=N2)cc1C(=O)N1CCC(CCN2CCC(C(=O)NC(=O)N3C(C(=O)O)N4CCN3CC4)(c3ccccn3)CC2)(c2ccc(Cl)c(Cl)c2)C1. The topological polar surface area (TPSA) is 176 Å². The number of methoxy groups -OCH3 is 1. The molecule has 1 aromatic heterocycles. The molecule has 3 aromatic rings. The van der Waals surface area contributed by atoms with Crippen molar-refractivity contribution >= 4 is 53.2 Å². The summed E-state index contributed by atoms with van der Waals surface area (Å²) in [5.41, 5.74) is 1.18. The van der Waals surface area contributed by atoms with E-state index in [0.717, 1.165) is 16.1 Å². The zero-order valence-corrected chi connectivity index (χ0v) is 33.5. The number of aliphatic carboxylic acids is 1. The maximum Gasteiger partial charge on any atom is 0.343 e. The molecule has 18 heteroatoms. The summed E-state index contributed by atoms with van der Waals surface area (Å²) in [6.45, 7) is 4.69. The van der Waals surface area contributed by atoms with Gasteiger partial charge in [-0.25, -0.2) is 19.6 Å². The first kappa shape index (κ1) is 39.8. The molecule has 5 saturated heterocycles. The van der Waals surface area contributed by atoms with Gasteiger partial charge in [-0.1, -0.05) is 41.4 Å². The molecular formula is C40H44Cl2N10O6. The van der Waals surface area contributed by atoms with E-state index < -0.39 is 34.9 Å². The fourth-order valence-electron chi connectivity index (χ4n) is 9.09. The second kappa shape index (κ2) is 16.3. The molecule has 3 atom stereocenters. The van der Waals surface area contributed by atoms with Gasteiger partial charge in [0.05, 0.1) is 40.0 Å². The van der Waals surface area contributed by atoms with E-state index in [2.05, 4.69) is 30.6 Å². The van der Waals surface area contributed by atoms with Crippen LogP contribution in [0.5, 0.6) is 5.75 Å². The van der Waals surface area contributed by atoms with Crippen LogP contribution in [0.4, 0.5) is 4.79 Å². The lowest BCUT2D eigenvalue weighted by Crippen LogP contribution is -2.74. The molecule has 9 rings (SSSR count). The maximum absolute atomic E-state index is 14.3. The number of carbonyl (C=O) groups is 4. The first-order chi connectivity index (χ1) is 28.0. The number of hydrogen-bond acceptors (Lipinski definition) is 12. The Hall–Kier alpha value is -5.00. The number of carbonyl (C=O) groups excluding carboxylic acids is 3. The number of fused-ring (bicyclic) bond motifs is 3. The summed E-state index contributed by atoms with van der Waals surface area (Å²) in [4.78, 5) is 65.0. The number of benzene rings is 2. The minimum Gasteiger partial charge on any atom is -0.496 e. The van der Waals surface area contributed by atoms with Crippen LogP contribution in [-0.4, -0.2) is 137 Å². The number of ether oxygens (including phenoxy) is 1. The number of hydrogen-bond donors (Lipinski definition) is 2. The normalized spacial score (nSPS) is 26.2. The van der Waals surface area contributed by atoms with Crippen LogP contribution in [0.2, 0.25) is 10.0 Å². The lowest BCUT2D eigenvalue weighted by atomic mass is 9.73. The van der Waals surface area contributed by atoms with Crippen LogP contribution >= 0.6 is 23.2 Å². The molecule has 0 aliphatic carbocycles. The van der Waals surface area contributed by atoms with E-state index in [1.165, 1.54) is 0 Å². The molecule has 7 heterocycles. The summed E-state index contributed by atoms with van der Waals surface area (Å²) >= 11 is 13.0. The van der Waals surface area contributed by atoms with Gasteiger partial charge < -0.3 is 19.6 Å². The zero-order chi connectivity index (χ0) is 40.6. The fourth-order valence-corrected chi connectivity index (χ4v) is 9.39. The summed E-state index contributed by atoms with van der Waals surface area (Å²) in [7, 11) is 1.54. The number of pyridine rings is 1. The molecule has 3 unspecified atom stereocenters. The van der Waals surface area contributed by atoms with Gasteiger partial charge in [0.2, 0.25) is 12.1 Å². The number of rotatable bonds is 10. The number of halogens is 2. The lowest BCUT2D eigenvalue weighted by Gasteiger charge is -2.52. The Morgan fingerprint density at radius 2 is 1.72 bits per heavy atom. The maximum atomic E-state index is 14.3. The number of likely N-dealkylation sites (tertiary alicyclic amines) is 2. The molecule has 4 amide bonds. The predicted molar refractivity (Wildman–Crippen MR) is 214 cm³/mol. The summed E-state index contributed by atoms with van der Waals surface area (Å²) in [5, 5.41) is 28.0. The molecule has 2 N–H and O–H groups in total. The van der Waals surface area contributed by atoms with Crippen molar-refractivity contribution < 1.29 is 29.0 Å². The number of aromatic nitrogens is 1. The lowest BCUT2D eigenvalue weighted by molar-refractivity contribution is -0.190. The minimum atomic E-state index is -1.18. The highest BCUT2D eigenvalue weighted by molar-refractivity contribution is 6.42. The monoisotopic (exact) mass is 830 g/mol. The largest absolute Gasteiger partial charge is 0.496 e. The zero-order valence-electron chi connectivity index (χ0n) is 32.0. The predicted octanol–water partition coefficient (Wildman–Crippen LogP) is 4.59. The van der Waals surface area contributed by atoms with E-state index in [0.29, 0.717) is 112 Å². The van der Waals surface area contributed by atoms with Gasteiger partial charge >= 0.3 is 12.0 Å². The average molecular weight is 832 g/mol. The molecule has 58 heavy (non-hydrogen) atoms. The number of piperidine rings is 1. The van der Waals surface area contributed by atoms with Gasteiger partial charge in [-0.3, -0.25) is 24.8 Å². The van der Waals surface area contributed by atoms with Gasteiger partial charge in [-0.05, 0) is 98.1 Å². The molecule has 0 radical (unpaired) electrons. The van der Waals surface area contributed by atoms with E-state index in [1.54, 1.807) is 59.8 Å². The Morgan fingerprint density at radius 3 is 2.40 bits per heavy atom. The quantitative estimate of drug-likeness (QED) is 0.294. The second-order valence-corrected chi connectivity index (χ2v) is 16.3. The number of hydrazine groups is 1. The van der Waals surface area contributed by atoms with Gasteiger partial charge in [0.25, 0.3) is 5.91 Å². The third-order valence-electron chi connectivity index (χ3n) is 12.4. The Bertz CT molecular complexity index is 2130. The van der Waals surface area contributed by atoms with Crippen molar-refractivity contribution in [2.45, 2.75) is 48.7 Å². The number of carboxylic acid groups (broad SMARTS) is 1. The Morgan fingerprint density at radius 1 is 0.931 bits per heavy atom. The van der Waals surface area contributed by atoms with Crippen molar-refractivity contribution in [2.24, 2.45) is 15.4 Å². The van der Waals surface area contributed by atoms with Crippen LogP contribution in [0.1, 0.15) is 58.9 Å². The molecule has 6 aliphatic heterocycles. The molecule has 0 spiro atoms. The van der Waals surface area contributed by atoms with Gasteiger partial charge in [-0.2, -0.15) is 5.11 Å². The smallest absolute Gasteiger partial charge is 0.343 e. The number of imide groups is 1. The van der Waals surface area contributed by atoms with Gasteiger partial charge in [0.15, 0.2) is 0 Å². The Labute approximate surface area is 345 Å². The summed E-state index contributed by atoms with van der Waals surface area (Å²) in [5.74, 6) is -1.35. The van der Waals surface area contributed by atoms with Crippen LogP contribution in [-0.2, 0) is 20.4 Å². The summed E-state index contributed by atoms with van der Waals surface area (Å²) in [6.07, 6.45) is 4.21. The number of amides is 4. The standard InChI is InChI=1S/C40H44Cl2N10O6/c1-58-32-8-5-26(31-24-44-47-46-31)22-28(32)35(53)50-17-10-39(25-50,27-6-7-29(41)30(42)23-27)9-14-48-15-11-40(12-16-48,33-4-2-3-13-43-33)37(56)45-38(57)52-34(36(54)55)49-18-20-51(52)21-19-49/h2-8,13,22-24,31,34H,9-12,14-21,25H2,1H3,(H,54,55)(H,45,56,57). The van der Waals surface area contributed by atoms with E-state index in [1.807, 2.05) is 29.2 Å². The second-order valence-electron chi connectivity index (χ2n) is 15.5. The molecule has 5 fully saturated rings. The molecule has 6 aliphatic rings. The third kappa shape index (κ3) is 7.43. The third-order valence-corrected chi connectivity index (χ3v) is 13.2. The molecule has 304 valence electrons. The van der Waals surface area contributed by atoms with E-state index in [4.69, 9.17) is 27.9 Å². The summed E-state index contributed by atoms with van der Waals surface area (Å²) < 4.78 is 5.62. The van der Waals surface area contributed by atoms with Gasteiger partial charge in [-0.15, -0.1) is 5.10 Å². The Balaban J connectivity index is 0.994. The van der Waals surface area contributed by atoms with Crippen molar-refractivity contribution in [2.75, 3.05) is 66.0 Å². The number of urea groups is 1. The van der Waals surface area contributed by atoms with E-state index in [-0.39, 0.29) is 11.9 Å². The van der Waals surface area contributed by atoms with Crippen LogP contribution in [0, 0.1) is 0 Å². The van der Waals surface area contributed by atoms with Crippen molar-refractivity contribution in [3.05, 3.63) is 93.2 Å². The van der Waals surface area contributed by atoms with Crippen LogP contribution < -0.4 is 10.1 Å². The highest BCUT2D eigenvalue weighted by atomic mass is 35.5. The molecule has 2 bridgehead atoms. The number of piperazine rings is 1. The van der Waals surface area contributed by atoms with Crippen LogP contribution in [0.15, 0.2) is 76.2 Å². The van der Waals surface area contributed by atoms with Gasteiger partial charge in [0, 0.05) is 50.9 Å². The average Bonchev–Trinajstić information content (AvgIpc) is 3.96.